The predicted molar refractivity (Wildman–Crippen MR) is 448 cm³/mol. The Balaban J connectivity index is 0.824. The van der Waals surface area contributed by atoms with Crippen molar-refractivity contribution in [3.8, 4) is 34.5 Å². The summed E-state index contributed by atoms with van der Waals surface area (Å²) in [5, 5.41) is 9.59. The maximum atomic E-state index is 15.1. The zero-order chi connectivity index (χ0) is 90.7. The topological polar surface area (TPSA) is 405 Å². The fourth-order valence-electron chi connectivity index (χ4n) is 14.9. The zero-order valence-corrected chi connectivity index (χ0v) is 73.6. The highest BCUT2D eigenvalue weighted by molar-refractivity contribution is 7.10. The van der Waals surface area contributed by atoms with Crippen LogP contribution in [0.4, 0.5) is 21.0 Å². The molecule has 11 rings (SSSR count). The minimum atomic E-state index is -1.52. The van der Waals surface area contributed by atoms with Gasteiger partial charge in [0, 0.05) is 122 Å². The average molecular weight is 1780 g/mol. The monoisotopic (exact) mass is 1780 g/mol. The lowest BCUT2D eigenvalue weighted by atomic mass is 9.98. The number of hydrogen-bond acceptors (Lipinski definition) is 33. The highest BCUT2D eigenvalue weighted by Gasteiger charge is 2.55. The van der Waals surface area contributed by atoms with Crippen LogP contribution in [-0.4, -0.2) is 201 Å². The van der Waals surface area contributed by atoms with Crippen LogP contribution < -0.4 is 39.1 Å². The molecule has 0 spiro atoms. The van der Waals surface area contributed by atoms with Crippen LogP contribution in [0.25, 0.3) is 0 Å². The van der Waals surface area contributed by atoms with E-state index >= 15 is 9.59 Å². The third-order valence-electron chi connectivity index (χ3n) is 20.5. The smallest absolute Gasteiger partial charge is 0.411 e. The van der Waals surface area contributed by atoms with Crippen molar-refractivity contribution in [3.63, 3.8) is 0 Å². The Labute approximate surface area is 734 Å². The summed E-state index contributed by atoms with van der Waals surface area (Å²) < 4.78 is 105. The van der Waals surface area contributed by atoms with Crippen LogP contribution in [0.5, 0.6) is 34.5 Å². The van der Waals surface area contributed by atoms with E-state index in [-0.39, 0.29) is 95.5 Å². The van der Waals surface area contributed by atoms with Gasteiger partial charge in [-0.3, -0.25) is 58.6 Å². The fourth-order valence-corrected chi connectivity index (χ4v) is 16.9. The number of amides is 4. The van der Waals surface area contributed by atoms with Gasteiger partial charge in [0.1, 0.15) is 63.3 Å². The summed E-state index contributed by atoms with van der Waals surface area (Å²) in [5.41, 5.74) is 5.32. The summed E-state index contributed by atoms with van der Waals surface area (Å²) in [4.78, 5) is 165. The lowest BCUT2D eigenvalue weighted by Gasteiger charge is -2.43. The van der Waals surface area contributed by atoms with Crippen molar-refractivity contribution in [3.05, 3.63) is 174 Å². The van der Waals surface area contributed by atoms with E-state index in [2.05, 4.69) is 10.6 Å². The molecule has 2 aromatic heterocycles. The summed E-state index contributed by atoms with van der Waals surface area (Å²) in [6, 6.07) is 27.6. The highest BCUT2D eigenvalue weighted by atomic mass is 32.1. The normalized spacial score (nSPS) is 20.5. The van der Waals surface area contributed by atoms with Crippen LogP contribution in [0.1, 0.15) is 151 Å². The van der Waals surface area contributed by atoms with E-state index in [0.29, 0.717) is 67.6 Å². The molecule has 2 N–H and O–H groups in total. The average Bonchev–Trinajstić information content (AvgIpc) is 1.26. The number of fused-ring (bicyclic) bond motifs is 2. The van der Waals surface area contributed by atoms with E-state index in [9.17, 15) is 47.9 Å². The van der Waals surface area contributed by atoms with Crippen LogP contribution in [0, 0.1) is 0 Å². The molecule has 0 saturated carbocycles. The first-order valence-electron chi connectivity index (χ1n) is 40.4. The quantitative estimate of drug-likeness (QED) is 0.0279. The van der Waals surface area contributed by atoms with Crippen molar-refractivity contribution in [1.29, 1.82) is 0 Å². The standard InChI is InChI=1S/C89H101N5O30S2/c1-15-62-32-76-60(25-27-125-76)39-93(62)84(103)66-34-70(107-13)72(36-68(66)90-88(105)113-41-55-17-21-64(22-18-55)121-86-82(119-53(9)101)80(117-51(7)99)78(115-49(5)97)74(123-86)45-109-47(3)95)111-43-58-29-57(38-92(11)12)30-59(31-58)44-112-73-37-69(67(35-71(73)108-14)85(104)94-40-61-26-28-126-77(61)33-63(94)16-2)91-89(106)114-42-56-19-23-65(24-20-56)122-87-83(120-54(10)102)81(118-52(8)100)79(116-50(6)98)75(124-87)46-110-48(4)96/h17-31,34-37,62-63,74-75,78-83,86-87H,15-16,32-33,38-46H2,1-14H3,(H,90,105)(H,91,106)/t62-,63+,74-,75-,78+,79+,80+,81+,82+,83+,86-,87-/m1/s1. The van der Waals surface area contributed by atoms with Crippen LogP contribution in [-0.2, 0) is 154 Å². The summed E-state index contributed by atoms with van der Waals surface area (Å²) in [6.45, 7) is 12.3. The number of benzene rings is 5. The van der Waals surface area contributed by atoms with Crippen LogP contribution in [0.2, 0.25) is 0 Å². The van der Waals surface area contributed by atoms with Crippen LogP contribution >= 0.6 is 22.7 Å². The van der Waals surface area contributed by atoms with Gasteiger partial charge in [-0.15, -0.1) is 22.7 Å². The number of nitrogens with one attached hydrogen (secondary N) is 2. The summed E-state index contributed by atoms with van der Waals surface area (Å²) in [5.74, 6) is -6.22. The van der Waals surface area contributed by atoms with Crippen LogP contribution in [0.15, 0.2) is 114 Å². The molecule has 7 aromatic rings. The van der Waals surface area contributed by atoms with E-state index < -0.39 is 146 Å². The Morgan fingerprint density at radius 3 is 1.11 bits per heavy atom. The number of anilines is 2. The Kier molecular flexibility index (Phi) is 32.4. The first-order valence-corrected chi connectivity index (χ1v) is 42.2. The number of rotatable bonds is 34. The molecule has 0 bridgehead atoms. The number of hydrogen-bond donors (Lipinski definition) is 2. The summed E-state index contributed by atoms with van der Waals surface area (Å²) >= 11 is 3.26. The van der Waals surface area contributed by atoms with Gasteiger partial charge in [-0.25, -0.2) is 9.59 Å². The van der Waals surface area contributed by atoms with Crippen LogP contribution in [0.3, 0.4) is 0 Å². The number of methoxy groups -OCH3 is 2. The number of ether oxygens (including phenoxy) is 18. The zero-order valence-electron chi connectivity index (χ0n) is 72.0. The van der Waals surface area contributed by atoms with E-state index in [1.54, 1.807) is 56.7 Å². The van der Waals surface area contributed by atoms with Gasteiger partial charge in [-0.1, -0.05) is 50.2 Å². The molecule has 4 aliphatic rings. The van der Waals surface area contributed by atoms with Crippen molar-refractivity contribution in [2.45, 2.75) is 214 Å². The number of esters is 8. The molecule has 0 unspecified atom stereocenters. The third-order valence-corrected chi connectivity index (χ3v) is 22.4. The van der Waals surface area contributed by atoms with Gasteiger partial charge in [0.25, 0.3) is 11.8 Å². The minimum absolute atomic E-state index is 0.0349. The molecule has 37 heteroatoms. The maximum Gasteiger partial charge on any atom is 0.411 e. The number of nitrogens with zero attached hydrogens (tertiary/aromatic N) is 3. The van der Waals surface area contributed by atoms with Crippen molar-refractivity contribution in [1.82, 2.24) is 14.7 Å². The second kappa shape index (κ2) is 43.4. The molecule has 0 radical (unpaired) electrons. The Hall–Kier alpha value is -12.6. The van der Waals surface area contributed by atoms with Gasteiger partial charge in [0.15, 0.2) is 47.4 Å². The van der Waals surface area contributed by atoms with E-state index in [1.807, 2.05) is 73.9 Å². The molecule has 4 aliphatic heterocycles. The van der Waals surface area contributed by atoms with Gasteiger partial charge in [-0.05, 0) is 131 Å². The van der Waals surface area contributed by atoms with E-state index in [1.165, 1.54) is 72.5 Å². The SMILES string of the molecule is CC[C@@H]1Cc2sccc2CN1C(=O)c1cc(OC)c(OCc2cc(COc3cc(NC(=O)OCc4ccc(O[C@@H]5O[C@H](COC(C)=O)[C@H](OC(C)=O)[C@H](OC(C)=O)[C@@H]5OC(C)=O)cc4)c(C(=O)N4Cc5ccsc5C[C@@H]4CC)cc3OC)cc(CN(C)C)c2)cc1NC(=O)OCc1ccc(O[C@@H]2O[C@H](COC(C)=O)[C@H](OC(C)=O)[C@H](OC(C)=O)[C@@H]2OC(C)=O)cc1. The molecule has 126 heavy (non-hydrogen) atoms. The maximum absolute atomic E-state index is 15.1. The number of carbonyl (C=O) groups excluding carboxylic acids is 12. The highest BCUT2D eigenvalue weighted by Crippen LogP contribution is 2.42. The van der Waals surface area contributed by atoms with Gasteiger partial charge in [-0.2, -0.15) is 0 Å². The molecule has 6 heterocycles. The predicted octanol–water partition coefficient (Wildman–Crippen LogP) is 11.4. The Morgan fingerprint density at radius 1 is 0.413 bits per heavy atom. The largest absolute Gasteiger partial charge is 0.493 e. The third kappa shape index (κ3) is 24.9. The molecule has 35 nitrogen and oxygen atoms in total. The van der Waals surface area contributed by atoms with Crippen molar-refractivity contribution in [2.24, 2.45) is 0 Å². The lowest BCUT2D eigenvalue weighted by Crippen LogP contribution is -2.63. The second-order valence-electron chi connectivity index (χ2n) is 30.3. The van der Waals surface area contributed by atoms with Crippen molar-refractivity contribution >= 4 is 106 Å². The molecule has 2 saturated heterocycles. The molecular weight excluding hydrogens is 1680 g/mol. The van der Waals surface area contributed by atoms with Gasteiger partial charge < -0.3 is 100.0 Å². The number of thiophene rings is 2. The summed E-state index contributed by atoms with van der Waals surface area (Å²) in [7, 11) is 6.68. The molecule has 0 aliphatic carbocycles. The molecule has 2 fully saturated rings. The van der Waals surface area contributed by atoms with Crippen molar-refractivity contribution in [2.75, 3.05) is 52.2 Å². The van der Waals surface area contributed by atoms with Gasteiger partial charge in [0.2, 0.25) is 24.8 Å². The van der Waals surface area contributed by atoms with Gasteiger partial charge in [0.05, 0.1) is 36.7 Å². The summed E-state index contributed by atoms with van der Waals surface area (Å²) in [6.07, 6.45) is -13.8. The van der Waals surface area contributed by atoms with Crippen molar-refractivity contribution < 1.29 is 143 Å². The van der Waals surface area contributed by atoms with Gasteiger partial charge >= 0.3 is 59.9 Å². The minimum Gasteiger partial charge on any atom is -0.493 e. The Bertz CT molecular complexity index is 4810. The van der Waals surface area contributed by atoms with E-state index in [4.69, 9.17) is 85.3 Å². The molecule has 5 aromatic carbocycles. The fraction of sp³-hybridized carbons (Fsp3) is 0.438. The molecule has 12 atom stereocenters. The molecule has 4 amide bonds. The first-order chi connectivity index (χ1) is 60.2. The lowest BCUT2D eigenvalue weighted by molar-refractivity contribution is -0.288. The molecule has 674 valence electrons. The Morgan fingerprint density at radius 2 is 0.770 bits per heavy atom. The number of carbonyl (C=O) groups is 12. The first kappa shape index (κ1) is 94.1. The molecular formula is C89H101N5O30S2. The second-order valence-corrected chi connectivity index (χ2v) is 32.3. The van der Waals surface area contributed by atoms with E-state index in [0.717, 1.165) is 72.1 Å².